The second kappa shape index (κ2) is 8.17. The van der Waals surface area contributed by atoms with Crippen LogP contribution < -0.4 is 15.5 Å². The molecule has 162 valence electrons. The van der Waals surface area contributed by atoms with E-state index in [1.54, 1.807) is 0 Å². The van der Waals surface area contributed by atoms with Crippen LogP contribution in [0.4, 0.5) is 5.69 Å². The van der Waals surface area contributed by atoms with Gasteiger partial charge in [0.2, 0.25) is 11.8 Å². The van der Waals surface area contributed by atoms with Crippen LogP contribution in [0.1, 0.15) is 37.3 Å². The summed E-state index contributed by atoms with van der Waals surface area (Å²) in [5.74, 6) is -0.819. The molecule has 1 aromatic heterocycles. The van der Waals surface area contributed by atoms with Crippen LogP contribution in [-0.2, 0) is 21.4 Å². The minimum absolute atomic E-state index is 0. The fourth-order valence-corrected chi connectivity index (χ4v) is 5.22. The predicted molar refractivity (Wildman–Crippen MR) is 116 cm³/mol. The molecule has 2 amide bonds. The second-order valence-electron chi connectivity index (χ2n) is 8.42. The van der Waals surface area contributed by atoms with Crippen molar-refractivity contribution in [3.63, 3.8) is 0 Å². The highest BCUT2D eigenvalue weighted by molar-refractivity contribution is 6.02. The van der Waals surface area contributed by atoms with E-state index in [0.717, 1.165) is 42.7 Å². The first-order valence-corrected chi connectivity index (χ1v) is 10.4. The number of carbonyl (C=O) groups excluding carboxylic acids is 2. The van der Waals surface area contributed by atoms with Gasteiger partial charge in [-0.3, -0.25) is 19.6 Å². The maximum absolute atomic E-state index is 12.4. The Morgan fingerprint density at radius 2 is 1.93 bits per heavy atom. The van der Waals surface area contributed by atoms with Crippen LogP contribution >= 0.6 is 12.4 Å². The number of rotatable bonds is 3. The maximum Gasteiger partial charge on any atom is 0.235 e. The van der Waals surface area contributed by atoms with E-state index in [-0.39, 0.29) is 30.1 Å². The van der Waals surface area contributed by atoms with E-state index in [4.69, 9.17) is 4.74 Å². The molecule has 0 radical (unpaired) electrons. The zero-order chi connectivity index (χ0) is 20.1. The summed E-state index contributed by atoms with van der Waals surface area (Å²) in [6.45, 7) is 1.50. The minimum atomic E-state index is -0.374. The number of morpholine rings is 1. The molecule has 4 heterocycles. The smallest absolute Gasteiger partial charge is 0.235 e. The molecule has 8 nitrogen and oxygen atoms in total. The van der Waals surface area contributed by atoms with E-state index in [0.29, 0.717) is 31.0 Å². The third kappa shape index (κ3) is 3.46. The molecule has 0 spiro atoms. The van der Waals surface area contributed by atoms with Gasteiger partial charge in [-0.25, -0.2) is 0 Å². The number of hydrogen-bond acceptors (Lipinski definition) is 6. The van der Waals surface area contributed by atoms with Gasteiger partial charge in [0.05, 0.1) is 42.4 Å². The number of benzene rings is 1. The van der Waals surface area contributed by atoms with Crippen LogP contribution in [0.25, 0.3) is 10.9 Å². The van der Waals surface area contributed by atoms with Gasteiger partial charge < -0.3 is 15.0 Å². The average Bonchev–Trinajstić information content (AvgIpc) is 3.02. The fourth-order valence-electron chi connectivity index (χ4n) is 5.22. The van der Waals surface area contributed by atoms with Crippen molar-refractivity contribution in [1.29, 1.82) is 0 Å². The molecule has 2 aromatic rings. The van der Waals surface area contributed by atoms with E-state index >= 15 is 0 Å². The van der Waals surface area contributed by atoms with Crippen molar-refractivity contribution in [2.75, 3.05) is 25.2 Å². The lowest BCUT2D eigenvalue weighted by Gasteiger charge is -2.49. The van der Waals surface area contributed by atoms with E-state index < -0.39 is 0 Å². The lowest BCUT2D eigenvalue weighted by Crippen LogP contribution is -2.60. The van der Waals surface area contributed by atoms with Crippen molar-refractivity contribution in [3.05, 3.63) is 23.9 Å². The summed E-state index contributed by atoms with van der Waals surface area (Å²) in [5, 5.41) is 11.5. The Morgan fingerprint density at radius 1 is 1.20 bits per heavy atom. The fraction of sp³-hybridized carbons (Fsp3) is 0.571. The van der Waals surface area contributed by atoms with Gasteiger partial charge in [0.25, 0.3) is 0 Å². The predicted octanol–water partition coefficient (Wildman–Crippen LogP) is 1.47. The first kappa shape index (κ1) is 21.1. The molecule has 3 unspecified atom stereocenters. The number of piperidine rings is 2. The molecule has 30 heavy (non-hydrogen) atoms. The normalized spacial score (nSPS) is 28.9. The molecule has 2 bridgehead atoms. The molecule has 5 rings (SSSR count). The van der Waals surface area contributed by atoms with Gasteiger partial charge in [0, 0.05) is 30.6 Å². The SMILES string of the molecule is CNC1CC2COCC(C1)N2c1ccc2c(C3CCC(=O)NC3=O)nn(C)c2c1.Cl. The van der Waals surface area contributed by atoms with Crippen molar-refractivity contribution < 1.29 is 14.3 Å². The topological polar surface area (TPSA) is 88.5 Å². The van der Waals surface area contributed by atoms with Crippen LogP contribution in [0.15, 0.2) is 18.2 Å². The highest BCUT2D eigenvalue weighted by atomic mass is 35.5. The molecular formula is C21H28ClN5O3. The maximum atomic E-state index is 12.4. The second-order valence-corrected chi connectivity index (χ2v) is 8.42. The third-order valence-corrected chi connectivity index (χ3v) is 6.66. The largest absolute Gasteiger partial charge is 0.377 e. The molecular weight excluding hydrogens is 406 g/mol. The zero-order valence-electron chi connectivity index (χ0n) is 17.3. The van der Waals surface area contributed by atoms with Crippen molar-refractivity contribution in [3.8, 4) is 0 Å². The Bertz CT molecular complexity index is 963. The van der Waals surface area contributed by atoms with Crippen molar-refractivity contribution in [2.45, 2.75) is 49.7 Å². The molecule has 0 aliphatic carbocycles. The number of nitrogens with zero attached hydrogens (tertiary/aromatic N) is 3. The number of imide groups is 1. The van der Waals surface area contributed by atoms with Gasteiger partial charge in [0.1, 0.15) is 0 Å². The first-order valence-electron chi connectivity index (χ1n) is 10.4. The van der Waals surface area contributed by atoms with Gasteiger partial charge in [-0.15, -0.1) is 12.4 Å². The Balaban J connectivity index is 0.00000218. The van der Waals surface area contributed by atoms with Gasteiger partial charge in [0.15, 0.2) is 0 Å². The van der Waals surface area contributed by atoms with Gasteiger partial charge >= 0.3 is 0 Å². The van der Waals surface area contributed by atoms with Gasteiger partial charge in [-0.2, -0.15) is 5.10 Å². The van der Waals surface area contributed by atoms with Gasteiger partial charge in [-0.05, 0) is 44.5 Å². The Hall–Kier alpha value is -2.16. The summed E-state index contributed by atoms with van der Waals surface area (Å²) in [6, 6.07) is 7.66. The third-order valence-electron chi connectivity index (χ3n) is 6.66. The van der Waals surface area contributed by atoms with E-state index in [9.17, 15) is 9.59 Å². The van der Waals surface area contributed by atoms with E-state index in [1.165, 1.54) is 5.69 Å². The van der Waals surface area contributed by atoms with Crippen LogP contribution in [0, 0.1) is 0 Å². The van der Waals surface area contributed by atoms with Crippen molar-refractivity contribution in [2.24, 2.45) is 7.05 Å². The number of ether oxygens (including phenoxy) is 1. The van der Waals surface area contributed by atoms with Crippen LogP contribution in [0.2, 0.25) is 0 Å². The summed E-state index contributed by atoms with van der Waals surface area (Å²) < 4.78 is 7.69. The monoisotopic (exact) mass is 433 g/mol. The number of amides is 2. The molecule has 1 aromatic carbocycles. The number of carbonyl (C=O) groups is 2. The lowest BCUT2D eigenvalue weighted by molar-refractivity contribution is -0.134. The number of anilines is 1. The molecule has 3 aliphatic heterocycles. The van der Waals surface area contributed by atoms with Crippen LogP contribution in [0.5, 0.6) is 0 Å². The first-order chi connectivity index (χ1) is 14.0. The number of fused-ring (bicyclic) bond motifs is 3. The Morgan fingerprint density at radius 3 is 2.60 bits per heavy atom. The highest BCUT2D eigenvalue weighted by Gasteiger charge is 2.39. The summed E-state index contributed by atoms with van der Waals surface area (Å²) >= 11 is 0. The van der Waals surface area contributed by atoms with Crippen LogP contribution in [0.3, 0.4) is 0 Å². The molecule has 3 aliphatic rings. The molecule has 3 atom stereocenters. The number of halogens is 1. The minimum Gasteiger partial charge on any atom is -0.377 e. The summed E-state index contributed by atoms with van der Waals surface area (Å²) in [7, 11) is 3.95. The summed E-state index contributed by atoms with van der Waals surface area (Å²) in [5.41, 5.74) is 2.96. The standard InChI is InChI=1S/C21H27N5O3.ClH/c1-22-12-7-14-10-29-11-15(8-12)26(14)13-3-4-16-18(9-13)25(2)24-20(16)17-5-6-19(27)23-21(17)28;/h3-4,9,12,14-15,17,22H,5-8,10-11H2,1-2H3,(H,23,27,28);1H. The Labute approximate surface area is 181 Å². The number of hydrogen-bond donors (Lipinski definition) is 2. The molecule has 0 saturated carbocycles. The zero-order valence-corrected chi connectivity index (χ0v) is 18.1. The number of aromatic nitrogens is 2. The van der Waals surface area contributed by atoms with Gasteiger partial charge in [-0.1, -0.05) is 0 Å². The molecule has 9 heteroatoms. The Kier molecular flexibility index (Phi) is 5.74. The van der Waals surface area contributed by atoms with Crippen LogP contribution in [-0.4, -0.2) is 60.0 Å². The highest BCUT2D eigenvalue weighted by Crippen LogP contribution is 2.36. The summed E-state index contributed by atoms with van der Waals surface area (Å²) in [6.07, 6.45) is 3.00. The molecule has 3 fully saturated rings. The van der Waals surface area contributed by atoms with E-state index in [1.807, 2.05) is 18.8 Å². The number of nitrogens with one attached hydrogen (secondary N) is 2. The van der Waals surface area contributed by atoms with E-state index in [2.05, 4.69) is 38.8 Å². The average molecular weight is 434 g/mol. The quantitative estimate of drug-likeness (QED) is 0.713. The molecule has 3 saturated heterocycles. The lowest BCUT2D eigenvalue weighted by atomic mass is 9.89. The summed E-state index contributed by atoms with van der Waals surface area (Å²) in [4.78, 5) is 26.4. The molecule has 2 N–H and O–H groups in total. The number of aryl methyl sites for hydroxylation is 1. The van der Waals surface area contributed by atoms with Crippen molar-refractivity contribution >= 4 is 40.8 Å². The van der Waals surface area contributed by atoms with Crippen molar-refractivity contribution in [1.82, 2.24) is 20.4 Å².